The molecule has 0 amide bonds. The van der Waals surface area contributed by atoms with E-state index in [1.165, 1.54) is 24.8 Å². The summed E-state index contributed by atoms with van der Waals surface area (Å²) in [6, 6.07) is 11.1. The highest BCUT2D eigenvalue weighted by Crippen LogP contribution is 2.32. The molecule has 0 spiro atoms. The van der Waals surface area contributed by atoms with Crippen molar-refractivity contribution in [3.05, 3.63) is 40.9 Å². The quantitative estimate of drug-likeness (QED) is 0.687. The van der Waals surface area contributed by atoms with Crippen LogP contribution < -0.4 is 10.1 Å². The van der Waals surface area contributed by atoms with Crippen LogP contribution in [0.5, 0.6) is 6.01 Å². The summed E-state index contributed by atoms with van der Waals surface area (Å²) >= 11 is 6.52. The average molecular weight is 383 g/mol. The van der Waals surface area contributed by atoms with Gasteiger partial charge in [0, 0.05) is 5.56 Å². The monoisotopic (exact) mass is 382 g/mol. The van der Waals surface area contributed by atoms with Gasteiger partial charge < -0.3 is 15.0 Å². The maximum atomic E-state index is 6.52. The number of aromatic amines is 1. The molecule has 0 unspecified atom stereocenters. The first-order chi connectivity index (χ1) is 13.3. The van der Waals surface area contributed by atoms with Gasteiger partial charge in [-0.05, 0) is 62.7 Å². The van der Waals surface area contributed by atoms with Crippen LogP contribution in [0.3, 0.4) is 0 Å². The normalized spacial score (nSPS) is 18.6. The lowest BCUT2D eigenvalue weighted by molar-refractivity contribution is 0.110. The highest BCUT2D eigenvalue weighted by Gasteiger charge is 2.21. The fourth-order valence-electron chi connectivity index (χ4n) is 3.87. The predicted octanol–water partition coefficient (Wildman–Crippen LogP) is 4.68. The van der Waals surface area contributed by atoms with Crippen LogP contribution in [0.1, 0.15) is 43.6 Å². The lowest BCUT2D eigenvalue weighted by Gasteiger charge is -2.24. The number of nitrogens with zero attached hydrogens (tertiary/aromatic N) is 2. The minimum Gasteiger partial charge on any atom is -0.461 e. The first-order valence-electron chi connectivity index (χ1n) is 9.80. The lowest BCUT2D eigenvalue weighted by Crippen LogP contribution is -2.26. The van der Waals surface area contributed by atoms with E-state index >= 15 is 0 Å². The van der Waals surface area contributed by atoms with E-state index in [-0.39, 0.29) is 6.10 Å². The second kappa shape index (κ2) is 7.13. The second-order valence-corrected chi connectivity index (χ2v) is 7.96. The Hall–Kier alpha value is -2.11. The van der Waals surface area contributed by atoms with Crippen molar-refractivity contribution < 1.29 is 4.74 Å². The Bertz CT molecular complexity index is 943. The third-order valence-corrected chi connectivity index (χ3v) is 6.02. The molecule has 3 aromatic rings. The third kappa shape index (κ3) is 3.42. The molecule has 0 radical (unpaired) electrons. The highest BCUT2D eigenvalue weighted by molar-refractivity contribution is 6.33. The number of hydrogen-bond acceptors (Lipinski definition) is 4. The molecule has 5 rings (SSSR count). The minimum atomic E-state index is 0.281. The molecule has 1 saturated heterocycles. The molecule has 5 nitrogen and oxygen atoms in total. The average Bonchev–Trinajstić information content (AvgIpc) is 3.06. The Morgan fingerprint density at radius 1 is 1.00 bits per heavy atom. The van der Waals surface area contributed by atoms with Crippen LogP contribution in [0.25, 0.3) is 22.4 Å². The minimum absolute atomic E-state index is 0.281. The smallest absolute Gasteiger partial charge is 0.296 e. The Kier molecular flexibility index (Phi) is 4.50. The molecule has 1 aliphatic heterocycles. The van der Waals surface area contributed by atoms with E-state index in [0.717, 1.165) is 42.7 Å². The molecule has 6 heteroatoms. The first kappa shape index (κ1) is 17.0. The Labute approximate surface area is 163 Å². The number of nitrogens with one attached hydrogen (secondary N) is 2. The number of hydrogen-bond donors (Lipinski definition) is 2. The van der Waals surface area contributed by atoms with Crippen molar-refractivity contribution in [2.24, 2.45) is 0 Å². The largest absolute Gasteiger partial charge is 0.461 e. The molecule has 0 atom stereocenters. The third-order valence-electron chi connectivity index (χ3n) is 5.73. The Balaban J connectivity index is 1.42. The van der Waals surface area contributed by atoms with Gasteiger partial charge in [-0.25, -0.2) is 4.98 Å². The number of benzene rings is 1. The van der Waals surface area contributed by atoms with Gasteiger partial charge in [-0.3, -0.25) is 0 Å². The van der Waals surface area contributed by atoms with Gasteiger partial charge >= 0.3 is 0 Å². The van der Waals surface area contributed by atoms with Crippen molar-refractivity contribution in [2.75, 3.05) is 13.1 Å². The van der Waals surface area contributed by atoms with Gasteiger partial charge in [-0.1, -0.05) is 35.9 Å². The number of pyridine rings is 1. The van der Waals surface area contributed by atoms with Crippen LogP contribution in [0.2, 0.25) is 5.02 Å². The molecule has 2 aromatic heterocycles. The second-order valence-electron chi connectivity index (χ2n) is 7.55. The molecule has 1 aromatic carbocycles. The molecule has 3 heterocycles. The van der Waals surface area contributed by atoms with Gasteiger partial charge in [-0.15, -0.1) is 0 Å². The highest BCUT2D eigenvalue weighted by atomic mass is 35.5. The standard InChI is InChI=1S/C21H23ClN4O/c22-17-12-18-20(26-21(24-18)27-16-2-1-3-16)25-19(17)15-6-4-13(5-7-15)14-8-10-23-11-9-14/h4-7,12,14,16,23H,1-3,8-11H2,(H,24,25,26). The molecule has 140 valence electrons. The number of piperidine rings is 1. The summed E-state index contributed by atoms with van der Waals surface area (Å²) in [5.41, 5.74) is 4.63. The number of imidazole rings is 1. The van der Waals surface area contributed by atoms with E-state index in [1.54, 1.807) is 0 Å². The molecule has 27 heavy (non-hydrogen) atoms. The summed E-state index contributed by atoms with van der Waals surface area (Å²) in [7, 11) is 0. The summed E-state index contributed by atoms with van der Waals surface area (Å²) in [4.78, 5) is 12.4. The molecule has 1 saturated carbocycles. The number of fused-ring (bicyclic) bond motifs is 1. The zero-order chi connectivity index (χ0) is 18.2. The maximum Gasteiger partial charge on any atom is 0.296 e. The topological polar surface area (TPSA) is 62.8 Å². The number of H-pyrrole nitrogens is 1. The predicted molar refractivity (Wildman–Crippen MR) is 107 cm³/mol. The lowest BCUT2D eigenvalue weighted by atomic mass is 9.89. The van der Waals surface area contributed by atoms with Crippen LogP contribution >= 0.6 is 11.6 Å². The summed E-state index contributed by atoms with van der Waals surface area (Å²) in [6.45, 7) is 2.20. The summed E-state index contributed by atoms with van der Waals surface area (Å²) in [6.07, 6.45) is 6.10. The van der Waals surface area contributed by atoms with Gasteiger partial charge in [-0.2, -0.15) is 4.98 Å². The zero-order valence-corrected chi connectivity index (χ0v) is 15.9. The molecule has 0 bridgehead atoms. The van der Waals surface area contributed by atoms with Crippen molar-refractivity contribution in [3.63, 3.8) is 0 Å². The van der Waals surface area contributed by atoms with Gasteiger partial charge in [0.25, 0.3) is 6.01 Å². The number of rotatable bonds is 4. The van der Waals surface area contributed by atoms with Gasteiger partial charge in [0.15, 0.2) is 5.65 Å². The van der Waals surface area contributed by atoms with Crippen LogP contribution in [-0.2, 0) is 0 Å². The maximum absolute atomic E-state index is 6.52. The fraction of sp³-hybridized carbons (Fsp3) is 0.429. The first-order valence-corrected chi connectivity index (χ1v) is 10.2. The van der Waals surface area contributed by atoms with Crippen LogP contribution in [0.4, 0.5) is 0 Å². The molecule has 2 fully saturated rings. The summed E-state index contributed by atoms with van der Waals surface area (Å²) in [5, 5.41) is 4.04. The molecular weight excluding hydrogens is 360 g/mol. The van der Waals surface area contributed by atoms with Crippen molar-refractivity contribution in [3.8, 4) is 17.3 Å². The van der Waals surface area contributed by atoms with Crippen LogP contribution in [0, 0.1) is 0 Å². The Morgan fingerprint density at radius 2 is 1.78 bits per heavy atom. The summed E-state index contributed by atoms with van der Waals surface area (Å²) < 4.78 is 5.85. The van der Waals surface area contributed by atoms with Crippen molar-refractivity contribution in [1.82, 2.24) is 20.3 Å². The molecule has 2 N–H and O–H groups in total. The van der Waals surface area contributed by atoms with Gasteiger partial charge in [0.05, 0.1) is 16.2 Å². The zero-order valence-electron chi connectivity index (χ0n) is 15.2. The summed E-state index contributed by atoms with van der Waals surface area (Å²) in [5.74, 6) is 0.642. The van der Waals surface area contributed by atoms with E-state index in [1.807, 2.05) is 6.07 Å². The van der Waals surface area contributed by atoms with Crippen molar-refractivity contribution in [2.45, 2.75) is 44.1 Å². The number of halogens is 1. The van der Waals surface area contributed by atoms with Gasteiger partial charge in [0.2, 0.25) is 0 Å². The van der Waals surface area contributed by atoms with E-state index in [2.05, 4.69) is 39.6 Å². The van der Waals surface area contributed by atoms with E-state index in [9.17, 15) is 0 Å². The van der Waals surface area contributed by atoms with Crippen LogP contribution in [0.15, 0.2) is 30.3 Å². The van der Waals surface area contributed by atoms with Crippen LogP contribution in [-0.4, -0.2) is 34.1 Å². The molecule has 1 aliphatic carbocycles. The SMILES string of the molecule is Clc1cc2[nH]c(OC3CCC3)nc2nc1-c1ccc(C2CCNCC2)cc1. The molecular formula is C21H23ClN4O. The molecule has 2 aliphatic rings. The number of ether oxygens (including phenoxy) is 1. The number of aromatic nitrogens is 3. The Morgan fingerprint density at radius 3 is 2.48 bits per heavy atom. The van der Waals surface area contributed by atoms with E-state index in [4.69, 9.17) is 21.3 Å². The van der Waals surface area contributed by atoms with E-state index in [0.29, 0.717) is 22.6 Å². The van der Waals surface area contributed by atoms with Crippen molar-refractivity contribution >= 4 is 22.8 Å². The van der Waals surface area contributed by atoms with Crippen molar-refractivity contribution in [1.29, 1.82) is 0 Å². The van der Waals surface area contributed by atoms with Gasteiger partial charge in [0.1, 0.15) is 6.10 Å². The van der Waals surface area contributed by atoms with E-state index < -0.39 is 0 Å². The fourth-order valence-corrected chi connectivity index (χ4v) is 4.13.